The van der Waals surface area contributed by atoms with Gasteiger partial charge in [0.2, 0.25) is 0 Å². The van der Waals surface area contributed by atoms with Crippen molar-refractivity contribution in [1.82, 2.24) is 4.98 Å². The van der Waals surface area contributed by atoms with Gasteiger partial charge in [-0.15, -0.1) is 0 Å². The van der Waals surface area contributed by atoms with Crippen molar-refractivity contribution in [3.8, 4) is 0 Å². The normalized spacial score (nSPS) is 12.6. The molecule has 18 heavy (non-hydrogen) atoms. The number of aliphatic carboxylic acids is 1. The number of carbonyl (C=O) groups excluding carboxylic acids is 1. The molecule has 94 valence electrons. The smallest absolute Gasteiger partial charge is 0.305 e. The van der Waals surface area contributed by atoms with Crippen molar-refractivity contribution in [3.05, 3.63) is 29.7 Å². The fraction of sp³-hybridized carbons (Fsp3) is 0.250. The van der Waals surface area contributed by atoms with Crippen LogP contribution in [0.1, 0.15) is 22.7 Å². The molecule has 1 unspecified atom stereocenters. The Morgan fingerprint density at radius 3 is 2.89 bits per heavy atom. The molecule has 0 spiro atoms. The first-order chi connectivity index (χ1) is 8.47. The quantitative estimate of drug-likeness (QED) is 0.785. The van der Waals surface area contributed by atoms with Crippen LogP contribution in [0, 0.1) is 6.92 Å². The minimum Gasteiger partial charge on any atom is -0.481 e. The molecule has 0 fully saturated rings. The van der Waals surface area contributed by atoms with Gasteiger partial charge in [0.25, 0.3) is 0 Å². The van der Waals surface area contributed by atoms with Crippen LogP contribution < -0.4 is 5.73 Å². The minimum atomic E-state index is -1.10. The SMILES string of the molecule is Cc1nc2ccc(C(=O)C(N)CC(=O)O)cc2o1. The number of oxazole rings is 1. The third-order valence-corrected chi connectivity index (χ3v) is 2.51. The molecule has 3 N–H and O–H groups in total. The lowest BCUT2D eigenvalue weighted by Gasteiger charge is -2.07. The lowest BCUT2D eigenvalue weighted by Crippen LogP contribution is -2.32. The van der Waals surface area contributed by atoms with Crippen LogP contribution in [0.4, 0.5) is 0 Å². The van der Waals surface area contributed by atoms with Crippen molar-refractivity contribution < 1.29 is 19.1 Å². The maximum atomic E-state index is 11.9. The molecule has 1 aromatic heterocycles. The van der Waals surface area contributed by atoms with Gasteiger partial charge in [0.15, 0.2) is 17.3 Å². The molecule has 0 amide bonds. The van der Waals surface area contributed by atoms with Gasteiger partial charge >= 0.3 is 5.97 Å². The zero-order chi connectivity index (χ0) is 13.3. The van der Waals surface area contributed by atoms with Crippen LogP contribution in [0.2, 0.25) is 0 Å². The van der Waals surface area contributed by atoms with E-state index in [0.29, 0.717) is 22.6 Å². The summed E-state index contributed by atoms with van der Waals surface area (Å²) in [4.78, 5) is 26.5. The summed E-state index contributed by atoms with van der Waals surface area (Å²) in [5.41, 5.74) is 6.98. The summed E-state index contributed by atoms with van der Waals surface area (Å²) in [6.45, 7) is 1.71. The molecule has 2 aromatic rings. The lowest BCUT2D eigenvalue weighted by atomic mass is 10.0. The van der Waals surface area contributed by atoms with E-state index in [1.807, 2.05) is 0 Å². The van der Waals surface area contributed by atoms with Gasteiger partial charge in [-0.2, -0.15) is 0 Å². The van der Waals surface area contributed by atoms with Crippen LogP contribution in [-0.4, -0.2) is 27.9 Å². The number of hydrogen-bond donors (Lipinski definition) is 2. The van der Waals surface area contributed by atoms with Crippen molar-refractivity contribution in [2.24, 2.45) is 5.73 Å². The number of carbonyl (C=O) groups is 2. The van der Waals surface area contributed by atoms with Crippen molar-refractivity contribution in [3.63, 3.8) is 0 Å². The average molecular weight is 248 g/mol. The number of Topliss-reactive ketones (excluding diaryl/α,β-unsaturated/α-hetero) is 1. The Bertz CT molecular complexity index is 618. The number of aryl methyl sites for hydroxylation is 1. The van der Waals surface area contributed by atoms with E-state index < -0.39 is 24.2 Å². The summed E-state index contributed by atoms with van der Waals surface area (Å²) in [5.74, 6) is -1.02. The molecule has 0 bridgehead atoms. The maximum Gasteiger partial charge on any atom is 0.305 e. The number of aromatic nitrogens is 1. The van der Waals surface area contributed by atoms with Gasteiger partial charge in [0.05, 0.1) is 12.5 Å². The van der Waals surface area contributed by atoms with Gasteiger partial charge in [-0.3, -0.25) is 9.59 Å². The molecular formula is C12H12N2O4. The minimum absolute atomic E-state index is 0.326. The third-order valence-electron chi connectivity index (χ3n) is 2.51. The highest BCUT2D eigenvalue weighted by molar-refractivity contribution is 6.03. The molecule has 2 rings (SSSR count). The highest BCUT2D eigenvalue weighted by atomic mass is 16.4. The Hall–Kier alpha value is -2.21. The van der Waals surface area contributed by atoms with Crippen LogP contribution in [-0.2, 0) is 4.79 Å². The van der Waals surface area contributed by atoms with Crippen LogP contribution in [0.15, 0.2) is 22.6 Å². The number of ketones is 1. The molecule has 0 aliphatic carbocycles. The number of rotatable bonds is 4. The zero-order valence-corrected chi connectivity index (χ0v) is 9.71. The predicted molar refractivity (Wildman–Crippen MR) is 63.3 cm³/mol. The molecule has 0 saturated carbocycles. The van der Waals surface area contributed by atoms with E-state index in [2.05, 4.69) is 4.98 Å². The number of hydrogen-bond acceptors (Lipinski definition) is 5. The number of carboxylic acid groups (broad SMARTS) is 1. The third kappa shape index (κ3) is 2.38. The second-order valence-electron chi connectivity index (χ2n) is 3.98. The van der Waals surface area contributed by atoms with E-state index >= 15 is 0 Å². The summed E-state index contributed by atoms with van der Waals surface area (Å²) in [5, 5.41) is 8.59. The van der Waals surface area contributed by atoms with E-state index in [9.17, 15) is 9.59 Å². The second-order valence-corrected chi connectivity index (χ2v) is 3.98. The molecule has 6 nitrogen and oxygen atoms in total. The summed E-state index contributed by atoms with van der Waals surface area (Å²) < 4.78 is 5.30. The first kappa shape index (κ1) is 12.3. The standard InChI is InChI=1S/C12H12N2O4/c1-6-14-9-3-2-7(4-10(9)18-6)12(17)8(13)5-11(15)16/h2-4,8H,5,13H2,1H3,(H,15,16). The van der Waals surface area contributed by atoms with Crippen molar-refractivity contribution in [2.75, 3.05) is 0 Å². The van der Waals surface area contributed by atoms with Gasteiger partial charge in [0.1, 0.15) is 5.52 Å². The van der Waals surface area contributed by atoms with Crippen LogP contribution >= 0.6 is 0 Å². The summed E-state index contributed by atoms with van der Waals surface area (Å²) in [7, 11) is 0. The summed E-state index contributed by atoms with van der Waals surface area (Å²) >= 11 is 0. The van der Waals surface area contributed by atoms with Crippen molar-refractivity contribution in [2.45, 2.75) is 19.4 Å². The van der Waals surface area contributed by atoms with Gasteiger partial charge in [-0.25, -0.2) is 4.98 Å². The molecule has 6 heteroatoms. The van der Waals surface area contributed by atoms with E-state index in [1.165, 1.54) is 6.07 Å². The van der Waals surface area contributed by atoms with Crippen LogP contribution in [0.3, 0.4) is 0 Å². The van der Waals surface area contributed by atoms with Gasteiger partial charge < -0.3 is 15.3 Å². The molecule has 0 aliphatic rings. The van der Waals surface area contributed by atoms with Crippen molar-refractivity contribution in [1.29, 1.82) is 0 Å². The van der Waals surface area contributed by atoms with E-state index in [-0.39, 0.29) is 0 Å². The Morgan fingerprint density at radius 1 is 1.50 bits per heavy atom. The number of nitrogens with two attached hydrogens (primary N) is 1. The van der Waals surface area contributed by atoms with Crippen LogP contribution in [0.5, 0.6) is 0 Å². The van der Waals surface area contributed by atoms with Gasteiger partial charge in [-0.1, -0.05) is 0 Å². The zero-order valence-electron chi connectivity index (χ0n) is 9.71. The molecule has 1 atom stereocenters. The maximum absolute atomic E-state index is 11.9. The van der Waals surface area contributed by atoms with Crippen molar-refractivity contribution >= 4 is 22.9 Å². The predicted octanol–water partition coefficient (Wildman–Crippen LogP) is 1.12. The molecule has 1 heterocycles. The number of benzene rings is 1. The summed E-state index contributed by atoms with van der Waals surface area (Å²) in [6.07, 6.45) is -0.397. The first-order valence-corrected chi connectivity index (χ1v) is 5.36. The Labute approximate surface area is 102 Å². The highest BCUT2D eigenvalue weighted by Crippen LogP contribution is 2.18. The average Bonchev–Trinajstić information content (AvgIpc) is 2.65. The molecule has 0 saturated heterocycles. The molecule has 0 radical (unpaired) electrons. The molecule has 0 aliphatic heterocycles. The monoisotopic (exact) mass is 248 g/mol. The largest absolute Gasteiger partial charge is 0.481 e. The highest BCUT2D eigenvalue weighted by Gasteiger charge is 2.19. The first-order valence-electron chi connectivity index (χ1n) is 5.36. The fourth-order valence-electron chi connectivity index (χ4n) is 1.69. The fourth-order valence-corrected chi connectivity index (χ4v) is 1.69. The molecular weight excluding hydrogens is 236 g/mol. The number of nitrogens with zero attached hydrogens (tertiary/aromatic N) is 1. The number of carboxylic acids is 1. The Balaban J connectivity index is 2.30. The van der Waals surface area contributed by atoms with Gasteiger partial charge in [-0.05, 0) is 18.2 Å². The van der Waals surface area contributed by atoms with E-state index in [1.54, 1.807) is 19.1 Å². The van der Waals surface area contributed by atoms with E-state index in [0.717, 1.165) is 0 Å². The Morgan fingerprint density at radius 2 is 2.22 bits per heavy atom. The van der Waals surface area contributed by atoms with E-state index in [4.69, 9.17) is 15.3 Å². The lowest BCUT2D eigenvalue weighted by molar-refractivity contribution is -0.137. The van der Waals surface area contributed by atoms with Gasteiger partial charge in [0, 0.05) is 12.5 Å². The molecule has 1 aromatic carbocycles. The second kappa shape index (κ2) is 4.58. The Kier molecular flexibility index (Phi) is 3.12. The summed E-state index contributed by atoms with van der Waals surface area (Å²) in [6, 6.07) is 3.68. The van der Waals surface area contributed by atoms with Crippen LogP contribution in [0.25, 0.3) is 11.1 Å². The topological polar surface area (TPSA) is 106 Å². The number of fused-ring (bicyclic) bond motifs is 1.